The fraction of sp³-hybridized carbons (Fsp3) is 0. The Morgan fingerprint density at radius 1 is 1.14 bits per heavy atom. The number of halogens is 2. The summed E-state index contributed by atoms with van der Waals surface area (Å²) in [6.45, 7) is 0. The highest BCUT2D eigenvalue weighted by atomic mass is 35.5. The van der Waals surface area contributed by atoms with Gasteiger partial charge in [0.05, 0.1) is 15.7 Å². The number of nitrogens with zero attached hydrogens (tertiary/aromatic N) is 2. The Bertz CT molecular complexity index is 742. The van der Waals surface area contributed by atoms with Crippen molar-refractivity contribution in [3.05, 3.63) is 58.1 Å². The van der Waals surface area contributed by atoms with Crippen LogP contribution in [0.4, 0.5) is 5.69 Å². The molecule has 2 aromatic carbocycles. The van der Waals surface area contributed by atoms with Gasteiger partial charge >= 0.3 is 0 Å². The summed E-state index contributed by atoms with van der Waals surface area (Å²) in [5.41, 5.74) is 0.274. The summed E-state index contributed by atoms with van der Waals surface area (Å²) in [5.74, 6) is -0.774. The van der Waals surface area contributed by atoms with Crippen molar-refractivity contribution in [2.45, 2.75) is 0 Å². The zero-order valence-corrected chi connectivity index (χ0v) is 12.1. The minimum Gasteiger partial charge on any atom is -0.505 e. The number of nitriles is 1. The number of ketones is 1. The lowest BCUT2D eigenvalue weighted by Crippen LogP contribution is -2.11. The normalized spacial score (nSPS) is 11.0. The minimum absolute atomic E-state index is 0.00861. The van der Waals surface area contributed by atoms with Crippen LogP contribution in [0.2, 0.25) is 10.0 Å². The zero-order valence-electron chi connectivity index (χ0n) is 10.5. The maximum Gasteiger partial charge on any atom is 0.222 e. The van der Waals surface area contributed by atoms with Crippen LogP contribution < -0.4 is 0 Å². The molecular weight excluding hydrogens is 311 g/mol. The van der Waals surface area contributed by atoms with Gasteiger partial charge in [0.2, 0.25) is 5.78 Å². The molecule has 0 fully saturated rings. The summed E-state index contributed by atoms with van der Waals surface area (Å²) < 4.78 is 0. The first kappa shape index (κ1) is 15.0. The Kier molecular flexibility index (Phi) is 4.59. The van der Waals surface area contributed by atoms with Crippen LogP contribution in [0.25, 0.3) is 0 Å². The van der Waals surface area contributed by atoms with Gasteiger partial charge in [0.15, 0.2) is 11.5 Å². The van der Waals surface area contributed by atoms with Gasteiger partial charge in [0.25, 0.3) is 0 Å². The fourth-order valence-corrected chi connectivity index (χ4v) is 2.07. The van der Waals surface area contributed by atoms with Crippen LogP contribution in [-0.4, -0.2) is 16.6 Å². The van der Waals surface area contributed by atoms with Crippen LogP contribution in [0, 0.1) is 11.3 Å². The SMILES string of the molecule is N#CC(=Nc1cc(Cl)c(O)c(Cl)c1)C(=O)c1ccccc1. The van der Waals surface area contributed by atoms with Gasteiger partial charge < -0.3 is 5.11 Å². The molecule has 2 rings (SSSR count). The molecule has 6 heteroatoms. The molecule has 0 spiro atoms. The van der Waals surface area contributed by atoms with Crippen molar-refractivity contribution in [1.82, 2.24) is 0 Å². The minimum atomic E-state index is -0.501. The van der Waals surface area contributed by atoms with E-state index in [-0.39, 0.29) is 27.2 Å². The van der Waals surface area contributed by atoms with Crippen molar-refractivity contribution in [1.29, 1.82) is 5.26 Å². The smallest absolute Gasteiger partial charge is 0.222 e. The maximum atomic E-state index is 12.1. The van der Waals surface area contributed by atoms with E-state index in [4.69, 9.17) is 28.5 Å². The molecule has 0 heterocycles. The molecule has 0 radical (unpaired) electrons. The number of benzene rings is 2. The summed E-state index contributed by atoms with van der Waals surface area (Å²) in [6.07, 6.45) is 0. The molecule has 0 saturated heterocycles. The first-order valence-corrected chi connectivity index (χ1v) is 6.55. The van der Waals surface area contributed by atoms with Gasteiger partial charge in [-0.05, 0) is 12.1 Å². The van der Waals surface area contributed by atoms with Crippen LogP contribution in [0.15, 0.2) is 47.5 Å². The number of phenols is 1. The molecule has 0 unspecified atom stereocenters. The van der Waals surface area contributed by atoms with Crippen molar-refractivity contribution >= 4 is 40.4 Å². The van der Waals surface area contributed by atoms with Crippen molar-refractivity contribution in [2.24, 2.45) is 4.99 Å². The van der Waals surface area contributed by atoms with Crippen molar-refractivity contribution < 1.29 is 9.90 Å². The molecule has 4 nitrogen and oxygen atoms in total. The van der Waals surface area contributed by atoms with E-state index < -0.39 is 5.78 Å². The van der Waals surface area contributed by atoms with Crippen molar-refractivity contribution in [2.75, 3.05) is 0 Å². The molecule has 0 amide bonds. The van der Waals surface area contributed by atoms with Crippen LogP contribution in [0.3, 0.4) is 0 Å². The van der Waals surface area contributed by atoms with E-state index in [1.807, 2.05) is 0 Å². The molecule has 104 valence electrons. The number of carbonyl (C=O) groups excluding carboxylic acids is 1. The van der Waals surface area contributed by atoms with E-state index in [1.165, 1.54) is 12.1 Å². The molecule has 0 aromatic heterocycles. The fourth-order valence-electron chi connectivity index (χ4n) is 1.60. The van der Waals surface area contributed by atoms with Gasteiger partial charge in [-0.2, -0.15) is 5.26 Å². The lowest BCUT2D eigenvalue weighted by molar-refractivity contribution is 0.106. The lowest BCUT2D eigenvalue weighted by Gasteiger charge is -2.02. The first-order chi connectivity index (χ1) is 10.0. The van der Waals surface area contributed by atoms with E-state index in [0.717, 1.165) is 0 Å². The van der Waals surface area contributed by atoms with Gasteiger partial charge in [0.1, 0.15) is 6.07 Å². The van der Waals surface area contributed by atoms with Gasteiger partial charge in [-0.25, -0.2) is 4.99 Å². The summed E-state index contributed by atoms with van der Waals surface area (Å²) in [5, 5.41) is 18.5. The molecule has 0 aliphatic heterocycles. The largest absolute Gasteiger partial charge is 0.505 e. The third kappa shape index (κ3) is 3.40. The van der Waals surface area contributed by atoms with E-state index in [1.54, 1.807) is 36.4 Å². The second-order valence-corrected chi connectivity index (χ2v) is 4.84. The second-order valence-electron chi connectivity index (χ2n) is 4.03. The van der Waals surface area contributed by atoms with E-state index >= 15 is 0 Å². The van der Waals surface area contributed by atoms with Gasteiger partial charge in [-0.15, -0.1) is 0 Å². The average molecular weight is 319 g/mol. The number of aromatic hydroxyl groups is 1. The standard InChI is InChI=1S/C15H8Cl2N2O2/c16-11-6-10(7-12(17)15(11)21)19-13(8-18)14(20)9-4-2-1-3-5-9/h1-7,21H. The molecular formula is C15H8Cl2N2O2. The zero-order chi connectivity index (χ0) is 15.4. The maximum absolute atomic E-state index is 12.1. The van der Waals surface area contributed by atoms with E-state index in [9.17, 15) is 9.90 Å². The third-order valence-corrected chi connectivity index (χ3v) is 3.18. The van der Waals surface area contributed by atoms with Crippen LogP contribution >= 0.6 is 23.2 Å². The monoisotopic (exact) mass is 318 g/mol. The number of carbonyl (C=O) groups is 1. The number of hydrogen-bond acceptors (Lipinski definition) is 4. The second kappa shape index (κ2) is 6.40. The molecule has 0 aliphatic carbocycles. The topological polar surface area (TPSA) is 73.4 Å². The third-order valence-electron chi connectivity index (χ3n) is 2.60. The summed E-state index contributed by atoms with van der Waals surface area (Å²) in [6, 6.07) is 12.7. The van der Waals surface area contributed by atoms with Crippen molar-refractivity contribution in [3.8, 4) is 11.8 Å². The quantitative estimate of drug-likeness (QED) is 0.681. The molecule has 2 aromatic rings. The van der Waals surface area contributed by atoms with Crippen LogP contribution in [-0.2, 0) is 0 Å². The Morgan fingerprint density at radius 3 is 2.24 bits per heavy atom. The molecule has 0 aliphatic rings. The highest BCUT2D eigenvalue weighted by Crippen LogP contribution is 2.35. The van der Waals surface area contributed by atoms with Crippen LogP contribution in [0.1, 0.15) is 10.4 Å². The number of phenolic OH excluding ortho intramolecular Hbond substituents is 1. The highest BCUT2D eigenvalue weighted by molar-refractivity contribution is 6.51. The van der Waals surface area contributed by atoms with Gasteiger partial charge in [0, 0.05) is 5.56 Å². The Balaban J connectivity index is 2.43. The Labute approximate surface area is 130 Å². The first-order valence-electron chi connectivity index (χ1n) is 5.79. The van der Waals surface area contributed by atoms with Crippen LogP contribution in [0.5, 0.6) is 5.75 Å². The number of hydrogen-bond donors (Lipinski definition) is 1. The Hall–Kier alpha value is -2.35. The highest BCUT2D eigenvalue weighted by Gasteiger charge is 2.14. The number of aliphatic imine (C=N–C) groups is 1. The lowest BCUT2D eigenvalue weighted by atomic mass is 10.1. The summed E-state index contributed by atoms with van der Waals surface area (Å²) in [7, 11) is 0. The van der Waals surface area contributed by atoms with E-state index in [2.05, 4.69) is 4.99 Å². The predicted octanol–water partition coefficient (Wildman–Crippen LogP) is 4.18. The van der Waals surface area contributed by atoms with E-state index in [0.29, 0.717) is 5.56 Å². The molecule has 21 heavy (non-hydrogen) atoms. The average Bonchev–Trinajstić information content (AvgIpc) is 2.50. The van der Waals surface area contributed by atoms with Crippen molar-refractivity contribution in [3.63, 3.8) is 0 Å². The van der Waals surface area contributed by atoms with Gasteiger partial charge in [-0.1, -0.05) is 53.5 Å². The summed E-state index contributed by atoms with van der Waals surface area (Å²) >= 11 is 11.5. The number of Topliss-reactive ketones (excluding diaryl/α,β-unsaturated/α-hetero) is 1. The molecule has 0 saturated carbocycles. The molecule has 1 N–H and O–H groups in total. The number of rotatable bonds is 3. The van der Waals surface area contributed by atoms with Gasteiger partial charge in [-0.3, -0.25) is 4.79 Å². The summed E-state index contributed by atoms with van der Waals surface area (Å²) in [4.78, 5) is 16.1. The predicted molar refractivity (Wildman–Crippen MR) is 81.6 cm³/mol. The molecule has 0 atom stereocenters. The Morgan fingerprint density at radius 2 is 1.71 bits per heavy atom. The molecule has 0 bridgehead atoms.